The van der Waals surface area contributed by atoms with Crippen LogP contribution in [0.5, 0.6) is 11.5 Å². The average molecular weight is 593 g/mol. The van der Waals surface area contributed by atoms with Crippen LogP contribution in [-0.2, 0) is 24.2 Å². The number of benzene rings is 2. The van der Waals surface area contributed by atoms with Crippen LogP contribution in [0.15, 0.2) is 54.9 Å². The Kier molecular flexibility index (Phi) is 9.60. The lowest BCUT2D eigenvalue weighted by atomic mass is 9.99. The second-order valence-electron chi connectivity index (χ2n) is 13.6. The molecule has 228 valence electrons. The average Bonchev–Trinajstić information content (AvgIpc) is 3.34. The highest BCUT2D eigenvalue weighted by molar-refractivity contribution is 6.74. The first-order valence-electron chi connectivity index (χ1n) is 15.0. The third-order valence-corrected chi connectivity index (χ3v) is 12.2. The minimum absolute atomic E-state index is 0.165. The fraction of sp³-hybridized carbons (Fsp3) is 0.515. The molecule has 1 aliphatic rings. The number of hydrogen-bond acceptors (Lipinski definition) is 6. The van der Waals surface area contributed by atoms with Crippen molar-refractivity contribution in [3.63, 3.8) is 0 Å². The zero-order valence-electron chi connectivity index (χ0n) is 26.6. The van der Waals surface area contributed by atoms with Gasteiger partial charge in [0.2, 0.25) is 8.32 Å². The molecule has 0 radical (unpaired) electrons. The molecule has 1 N–H and O–H groups in total. The second kappa shape index (κ2) is 12.8. The Morgan fingerprint density at radius 2 is 1.74 bits per heavy atom. The van der Waals surface area contributed by atoms with Gasteiger partial charge in [-0.25, -0.2) is 4.79 Å². The van der Waals surface area contributed by atoms with E-state index >= 15 is 0 Å². The number of carbonyl (C=O) groups is 1. The topological polar surface area (TPSA) is 77.8 Å². The van der Waals surface area contributed by atoms with E-state index < -0.39 is 13.9 Å². The number of rotatable bonds is 10. The van der Waals surface area contributed by atoms with E-state index in [-0.39, 0.29) is 11.1 Å². The Morgan fingerprint density at radius 1 is 1.00 bits per heavy atom. The monoisotopic (exact) mass is 592 g/mol. The fourth-order valence-electron chi connectivity index (χ4n) is 4.52. The van der Waals surface area contributed by atoms with Gasteiger partial charge in [0.1, 0.15) is 17.1 Å². The fourth-order valence-corrected chi connectivity index (χ4v) is 5.55. The molecular weight excluding hydrogens is 544 g/mol. The minimum atomic E-state index is -1.85. The number of aromatic nitrogens is 2. The van der Waals surface area contributed by atoms with Crippen LogP contribution in [0.4, 0.5) is 16.2 Å². The van der Waals surface area contributed by atoms with Gasteiger partial charge in [0, 0.05) is 37.1 Å². The largest absolute Gasteiger partial charge is 0.544 e. The number of ether oxygens (including phenoxy) is 2. The molecule has 4 rings (SSSR count). The lowest BCUT2D eigenvalue weighted by Crippen LogP contribution is -2.43. The standard InChI is InChI=1S/C33H48N4O4Si/c1-32(2,3)40-31(38)36-20-18-29-25(23-36)12-11-13-30(29)39-21-10-9-19-37-24-27(22-34-37)35-26-14-16-28(17-15-26)41-42(7,8)33(4,5)6/h11-17,22,24,35H,9-10,18-21,23H2,1-8H3. The Hall–Kier alpha value is -3.46. The molecule has 0 saturated heterocycles. The molecule has 0 aliphatic carbocycles. The molecule has 0 fully saturated rings. The molecule has 1 aliphatic heterocycles. The summed E-state index contributed by atoms with van der Waals surface area (Å²) >= 11 is 0. The quantitative estimate of drug-likeness (QED) is 0.189. The number of fused-ring (bicyclic) bond motifs is 1. The molecule has 2 heterocycles. The minimum Gasteiger partial charge on any atom is -0.544 e. The molecule has 1 amide bonds. The first-order valence-corrected chi connectivity index (χ1v) is 17.9. The highest BCUT2D eigenvalue weighted by atomic mass is 28.4. The summed E-state index contributed by atoms with van der Waals surface area (Å²) in [5.41, 5.74) is 3.79. The van der Waals surface area contributed by atoms with Crippen LogP contribution < -0.4 is 14.5 Å². The number of carbonyl (C=O) groups excluding carboxylic acids is 1. The van der Waals surface area contributed by atoms with Gasteiger partial charge in [-0.1, -0.05) is 32.9 Å². The van der Waals surface area contributed by atoms with Crippen molar-refractivity contribution in [2.24, 2.45) is 0 Å². The molecule has 0 atom stereocenters. The van der Waals surface area contributed by atoms with Crippen molar-refractivity contribution in [2.75, 3.05) is 18.5 Å². The molecule has 0 bridgehead atoms. The van der Waals surface area contributed by atoms with Gasteiger partial charge in [-0.05, 0) is 94.1 Å². The van der Waals surface area contributed by atoms with Crippen LogP contribution >= 0.6 is 0 Å². The Bertz CT molecular complexity index is 1340. The number of amides is 1. The van der Waals surface area contributed by atoms with Crippen LogP contribution in [-0.4, -0.2) is 47.8 Å². The number of aryl methyl sites for hydroxylation is 1. The molecule has 42 heavy (non-hydrogen) atoms. The van der Waals surface area contributed by atoms with Crippen LogP contribution in [0.25, 0.3) is 0 Å². The molecule has 0 saturated carbocycles. The SMILES string of the molecule is CC(C)(C)OC(=O)N1CCc2c(cccc2OCCCCn2cc(Nc3ccc(O[Si](C)(C)C(C)(C)C)cc3)cn2)C1. The predicted octanol–water partition coefficient (Wildman–Crippen LogP) is 8.16. The highest BCUT2D eigenvalue weighted by Gasteiger charge is 2.39. The second-order valence-corrected chi connectivity index (χ2v) is 18.3. The molecule has 9 heteroatoms. The summed E-state index contributed by atoms with van der Waals surface area (Å²) < 4.78 is 20.1. The molecule has 8 nitrogen and oxygen atoms in total. The Morgan fingerprint density at radius 3 is 2.43 bits per heavy atom. The maximum Gasteiger partial charge on any atom is 0.410 e. The van der Waals surface area contributed by atoms with E-state index in [1.165, 1.54) is 5.56 Å². The summed E-state index contributed by atoms with van der Waals surface area (Å²) in [5.74, 6) is 1.84. The van der Waals surface area contributed by atoms with E-state index in [2.05, 4.69) is 62.5 Å². The first kappa shape index (κ1) is 31.5. The van der Waals surface area contributed by atoms with Gasteiger partial charge in [-0.2, -0.15) is 5.10 Å². The molecular formula is C33H48N4O4Si. The Balaban J connectivity index is 1.20. The van der Waals surface area contributed by atoms with Crippen molar-refractivity contribution in [1.82, 2.24) is 14.7 Å². The van der Waals surface area contributed by atoms with Crippen molar-refractivity contribution in [1.29, 1.82) is 0 Å². The van der Waals surface area contributed by atoms with Gasteiger partial charge < -0.3 is 24.1 Å². The van der Waals surface area contributed by atoms with E-state index in [0.29, 0.717) is 19.7 Å². The number of hydrogen-bond donors (Lipinski definition) is 1. The predicted molar refractivity (Wildman–Crippen MR) is 171 cm³/mol. The van der Waals surface area contributed by atoms with Crippen LogP contribution in [0, 0.1) is 0 Å². The Labute approximate surface area is 252 Å². The van der Waals surface area contributed by atoms with Gasteiger partial charge in [0.25, 0.3) is 0 Å². The number of anilines is 2. The summed E-state index contributed by atoms with van der Waals surface area (Å²) in [6.45, 7) is 19.6. The lowest BCUT2D eigenvalue weighted by molar-refractivity contribution is 0.0223. The van der Waals surface area contributed by atoms with Gasteiger partial charge in [0.15, 0.2) is 0 Å². The molecule has 0 spiro atoms. The summed E-state index contributed by atoms with van der Waals surface area (Å²) in [6.07, 6.45) is 6.27. The van der Waals surface area contributed by atoms with E-state index in [0.717, 1.165) is 54.2 Å². The molecule has 2 aromatic carbocycles. The van der Waals surface area contributed by atoms with Crippen molar-refractivity contribution < 1.29 is 18.7 Å². The summed E-state index contributed by atoms with van der Waals surface area (Å²) in [6, 6.07) is 14.3. The van der Waals surface area contributed by atoms with Gasteiger partial charge in [-0.15, -0.1) is 0 Å². The third-order valence-electron chi connectivity index (χ3n) is 7.87. The zero-order valence-corrected chi connectivity index (χ0v) is 27.6. The van der Waals surface area contributed by atoms with Crippen molar-refractivity contribution in [2.45, 2.75) is 97.6 Å². The summed E-state index contributed by atoms with van der Waals surface area (Å²) in [4.78, 5) is 14.3. The van der Waals surface area contributed by atoms with E-state index in [1.807, 2.05) is 62.1 Å². The zero-order chi connectivity index (χ0) is 30.5. The number of nitrogens with one attached hydrogen (secondary N) is 1. The van der Waals surface area contributed by atoms with Crippen molar-refractivity contribution >= 4 is 25.8 Å². The van der Waals surface area contributed by atoms with Gasteiger partial charge in [0.05, 0.1) is 18.5 Å². The molecule has 0 unspecified atom stereocenters. The van der Waals surface area contributed by atoms with Crippen LogP contribution in [0.3, 0.4) is 0 Å². The van der Waals surface area contributed by atoms with E-state index in [9.17, 15) is 4.79 Å². The van der Waals surface area contributed by atoms with Crippen molar-refractivity contribution in [3.8, 4) is 11.5 Å². The van der Waals surface area contributed by atoms with Crippen LogP contribution in [0.2, 0.25) is 18.1 Å². The van der Waals surface area contributed by atoms with E-state index in [1.54, 1.807) is 4.90 Å². The van der Waals surface area contributed by atoms with Gasteiger partial charge in [-0.3, -0.25) is 4.68 Å². The van der Waals surface area contributed by atoms with Crippen molar-refractivity contribution in [3.05, 3.63) is 66.0 Å². The maximum atomic E-state index is 12.5. The van der Waals surface area contributed by atoms with Crippen LogP contribution in [0.1, 0.15) is 65.5 Å². The third kappa shape index (κ3) is 8.53. The molecule has 3 aromatic rings. The summed E-state index contributed by atoms with van der Waals surface area (Å²) in [7, 11) is -1.85. The number of unbranched alkanes of at least 4 members (excludes halogenated alkanes) is 1. The molecule has 1 aromatic heterocycles. The van der Waals surface area contributed by atoms with E-state index in [4.69, 9.17) is 13.9 Å². The first-order chi connectivity index (χ1) is 19.7. The maximum absolute atomic E-state index is 12.5. The van der Waals surface area contributed by atoms with Gasteiger partial charge >= 0.3 is 6.09 Å². The smallest absolute Gasteiger partial charge is 0.410 e. The normalized spacial score (nSPS) is 13.9. The number of nitrogens with zero attached hydrogens (tertiary/aromatic N) is 3. The lowest BCUT2D eigenvalue weighted by Gasteiger charge is -2.36. The highest BCUT2D eigenvalue weighted by Crippen LogP contribution is 2.37. The summed E-state index contributed by atoms with van der Waals surface area (Å²) in [5, 5.41) is 8.11.